The number of alkyl halides is 3. The van der Waals surface area contributed by atoms with Crippen molar-refractivity contribution in [2.24, 2.45) is 5.92 Å². The number of rotatable bonds is 5. The highest BCUT2D eigenvalue weighted by molar-refractivity contribution is 7.84. The van der Waals surface area contributed by atoms with Gasteiger partial charge in [-0.3, -0.25) is 4.21 Å². The van der Waals surface area contributed by atoms with E-state index in [1.807, 2.05) is 6.92 Å². The fourth-order valence-electron chi connectivity index (χ4n) is 2.42. The number of hydrogen-bond acceptors (Lipinski definition) is 2. The zero-order valence-corrected chi connectivity index (χ0v) is 11.7. The smallest absolute Gasteiger partial charge is 0.311 e. The van der Waals surface area contributed by atoms with Crippen LogP contribution >= 0.6 is 0 Å². The molecule has 0 heterocycles. The Hall–Kier alpha value is -0.100. The van der Waals surface area contributed by atoms with Crippen molar-refractivity contribution in [1.29, 1.82) is 0 Å². The topological polar surface area (TPSA) is 29.1 Å². The van der Waals surface area contributed by atoms with Gasteiger partial charge in [0.05, 0.1) is 5.92 Å². The highest BCUT2D eigenvalue weighted by Gasteiger charge is 2.41. The Labute approximate surface area is 109 Å². The molecule has 6 heteroatoms. The molecule has 0 bridgehead atoms. The minimum Gasteiger partial charge on any atom is -0.311 e. The lowest BCUT2D eigenvalue weighted by molar-refractivity contribution is -0.182. The van der Waals surface area contributed by atoms with Crippen LogP contribution < -0.4 is 5.32 Å². The largest absolute Gasteiger partial charge is 0.391 e. The van der Waals surface area contributed by atoms with Crippen LogP contribution in [-0.2, 0) is 10.8 Å². The Morgan fingerprint density at radius 3 is 2.28 bits per heavy atom. The van der Waals surface area contributed by atoms with E-state index in [1.165, 1.54) is 0 Å². The Balaban J connectivity index is 2.25. The van der Waals surface area contributed by atoms with E-state index in [-0.39, 0.29) is 24.9 Å². The van der Waals surface area contributed by atoms with Gasteiger partial charge in [-0.2, -0.15) is 13.2 Å². The molecule has 1 aliphatic rings. The molecule has 108 valence electrons. The third-order valence-electron chi connectivity index (χ3n) is 3.55. The van der Waals surface area contributed by atoms with Gasteiger partial charge >= 0.3 is 6.18 Å². The first kappa shape index (κ1) is 16.0. The van der Waals surface area contributed by atoms with Gasteiger partial charge in [0, 0.05) is 34.9 Å². The van der Waals surface area contributed by atoms with Crippen LogP contribution in [0, 0.1) is 5.92 Å². The Morgan fingerprint density at radius 2 is 1.83 bits per heavy atom. The molecule has 1 N–H and O–H groups in total. The van der Waals surface area contributed by atoms with Gasteiger partial charge < -0.3 is 5.32 Å². The van der Waals surface area contributed by atoms with Crippen LogP contribution in [-0.4, -0.2) is 34.5 Å². The van der Waals surface area contributed by atoms with Crippen molar-refractivity contribution in [3.8, 4) is 0 Å². The van der Waals surface area contributed by atoms with Crippen LogP contribution in [0.25, 0.3) is 0 Å². The second-order valence-electron chi connectivity index (χ2n) is 5.22. The molecule has 0 aromatic rings. The van der Waals surface area contributed by atoms with E-state index in [9.17, 15) is 17.4 Å². The molecular weight excluding hydrogens is 263 g/mol. The summed E-state index contributed by atoms with van der Waals surface area (Å²) in [5.74, 6) is -0.472. The summed E-state index contributed by atoms with van der Waals surface area (Å²) in [6.07, 6.45) is 0.0773. The van der Waals surface area contributed by atoms with Crippen molar-refractivity contribution in [2.75, 3.05) is 12.0 Å². The molecule has 1 saturated carbocycles. The van der Waals surface area contributed by atoms with Crippen LogP contribution in [0.15, 0.2) is 0 Å². The van der Waals surface area contributed by atoms with E-state index < -0.39 is 22.9 Å². The maximum atomic E-state index is 12.5. The molecule has 0 aromatic heterocycles. The Kier molecular flexibility index (Phi) is 6.11. The second-order valence-corrected chi connectivity index (χ2v) is 6.78. The van der Waals surface area contributed by atoms with Crippen molar-refractivity contribution in [2.45, 2.75) is 57.3 Å². The lowest BCUT2D eigenvalue weighted by Gasteiger charge is -2.32. The molecule has 1 fully saturated rings. The fourth-order valence-corrected chi connectivity index (χ4v) is 3.10. The maximum Gasteiger partial charge on any atom is 0.391 e. The summed E-state index contributed by atoms with van der Waals surface area (Å²) in [6, 6.07) is 0.408. The molecule has 18 heavy (non-hydrogen) atoms. The predicted molar refractivity (Wildman–Crippen MR) is 67.9 cm³/mol. The second kappa shape index (κ2) is 6.89. The third kappa shape index (κ3) is 5.69. The minimum atomic E-state index is -4.03. The summed E-state index contributed by atoms with van der Waals surface area (Å²) in [5.41, 5.74) is 0. The molecule has 1 aliphatic carbocycles. The van der Waals surface area contributed by atoms with Gasteiger partial charge in [-0.25, -0.2) is 0 Å². The molecule has 2 nitrogen and oxygen atoms in total. The van der Waals surface area contributed by atoms with Crippen LogP contribution in [0.4, 0.5) is 13.2 Å². The van der Waals surface area contributed by atoms with Crippen molar-refractivity contribution in [3.05, 3.63) is 0 Å². The maximum absolute atomic E-state index is 12.5. The van der Waals surface area contributed by atoms with Crippen LogP contribution in [0.1, 0.15) is 39.0 Å². The monoisotopic (exact) mass is 285 g/mol. The van der Waals surface area contributed by atoms with Gasteiger partial charge in [-0.05, 0) is 39.0 Å². The zero-order valence-electron chi connectivity index (χ0n) is 10.9. The first-order chi connectivity index (χ1) is 8.29. The van der Waals surface area contributed by atoms with Crippen molar-refractivity contribution in [3.63, 3.8) is 0 Å². The standard InChI is InChI=1S/C12H22F3NOS/c1-9(7-8-18(2)17)16-11-5-3-10(4-6-11)12(13,14)15/h9-11,16H,3-8H2,1-2H3. The SMILES string of the molecule is CC(CCS(C)=O)NC1CCC(C(F)(F)F)CC1. The average Bonchev–Trinajstić information content (AvgIpc) is 2.26. The fraction of sp³-hybridized carbons (Fsp3) is 1.00. The van der Waals surface area contributed by atoms with E-state index in [2.05, 4.69) is 5.32 Å². The zero-order chi connectivity index (χ0) is 13.8. The molecule has 2 atom stereocenters. The van der Waals surface area contributed by atoms with Crippen LogP contribution in [0.2, 0.25) is 0 Å². The van der Waals surface area contributed by atoms with Crippen LogP contribution in [0.5, 0.6) is 0 Å². The van der Waals surface area contributed by atoms with E-state index >= 15 is 0 Å². The summed E-state index contributed by atoms with van der Waals surface area (Å²) >= 11 is 0. The Bertz CT molecular complexity index is 275. The first-order valence-electron chi connectivity index (χ1n) is 6.42. The van der Waals surface area contributed by atoms with Crippen molar-refractivity contribution < 1.29 is 17.4 Å². The number of hydrogen-bond donors (Lipinski definition) is 1. The van der Waals surface area contributed by atoms with Gasteiger partial charge in [-0.15, -0.1) is 0 Å². The summed E-state index contributed by atoms with van der Waals surface area (Å²) in [4.78, 5) is 0. The summed E-state index contributed by atoms with van der Waals surface area (Å²) in [6.45, 7) is 2.00. The average molecular weight is 285 g/mol. The summed E-state index contributed by atoms with van der Waals surface area (Å²) in [5, 5.41) is 3.34. The third-order valence-corrected chi connectivity index (χ3v) is 4.36. The van der Waals surface area contributed by atoms with E-state index in [1.54, 1.807) is 6.26 Å². The van der Waals surface area contributed by atoms with Gasteiger partial charge in [-0.1, -0.05) is 0 Å². The quantitative estimate of drug-likeness (QED) is 0.841. The highest BCUT2D eigenvalue weighted by atomic mass is 32.2. The lowest BCUT2D eigenvalue weighted by Crippen LogP contribution is -2.41. The molecule has 0 aromatic carbocycles. The Morgan fingerprint density at radius 1 is 1.28 bits per heavy atom. The summed E-state index contributed by atoms with van der Waals surface area (Å²) < 4.78 is 48.4. The molecule has 0 spiro atoms. The molecule has 2 unspecified atom stereocenters. The molecule has 1 rings (SSSR count). The van der Waals surface area contributed by atoms with E-state index in [0.717, 1.165) is 6.42 Å². The van der Waals surface area contributed by atoms with Gasteiger partial charge in [0.1, 0.15) is 0 Å². The number of nitrogens with one attached hydrogen (secondary N) is 1. The molecule has 0 aliphatic heterocycles. The predicted octanol–water partition coefficient (Wildman–Crippen LogP) is 2.85. The lowest BCUT2D eigenvalue weighted by atomic mass is 9.85. The molecule has 0 saturated heterocycles. The van der Waals surface area contributed by atoms with Gasteiger partial charge in [0.2, 0.25) is 0 Å². The van der Waals surface area contributed by atoms with Crippen molar-refractivity contribution >= 4 is 10.8 Å². The van der Waals surface area contributed by atoms with Gasteiger partial charge in [0.15, 0.2) is 0 Å². The van der Waals surface area contributed by atoms with E-state index in [0.29, 0.717) is 18.6 Å². The highest BCUT2D eigenvalue weighted by Crippen LogP contribution is 2.37. The van der Waals surface area contributed by atoms with E-state index in [4.69, 9.17) is 0 Å². The number of halogens is 3. The normalized spacial score (nSPS) is 28.9. The molecular formula is C12H22F3NOS. The first-order valence-corrected chi connectivity index (χ1v) is 8.14. The summed E-state index contributed by atoms with van der Waals surface area (Å²) in [7, 11) is -0.799. The van der Waals surface area contributed by atoms with Crippen molar-refractivity contribution in [1.82, 2.24) is 5.32 Å². The molecule has 0 radical (unpaired) electrons. The molecule has 0 amide bonds. The van der Waals surface area contributed by atoms with Crippen LogP contribution in [0.3, 0.4) is 0 Å². The minimum absolute atomic E-state index is 0.184. The van der Waals surface area contributed by atoms with Gasteiger partial charge in [0.25, 0.3) is 0 Å².